The first-order valence-corrected chi connectivity index (χ1v) is 5.77. The first kappa shape index (κ1) is 12.8. The Morgan fingerprint density at radius 3 is 2.00 bits per heavy atom. The van der Waals surface area contributed by atoms with E-state index in [-0.39, 0.29) is 6.61 Å². The Morgan fingerprint density at radius 1 is 1.12 bits per heavy atom. The molecule has 0 amide bonds. The minimum Gasteiger partial charge on any atom is -0.486 e. The average Bonchev–Trinajstić information content (AvgIpc) is 2.25. The third-order valence-corrected chi connectivity index (χ3v) is 2.62. The van der Waals surface area contributed by atoms with E-state index in [1.807, 2.05) is 0 Å². The number of carbonyl (C=O) groups is 1. The van der Waals surface area contributed by atoms with E-state index >= 15 is 0 Å². The van der Waals surface area contributed by atoms with Gasteiger partial charge in [0.05, 0.1) is 0 Å². The van der Waals surface area contributed by atoms with Gasteiger partial charge in [0, 0.05) is 0 Å². The molecule has 2 nitrogen and oxygen atoms in total. The van der Waals surface area contributed by atoms with Gasteiger partial charge in [-0.15, -0.1) is 0 Å². The standard InChI is InChI=1S/C14H20O2/c1-10(2)12-6-5-7-13(11(3)4)14(12)16-9-8-15/h5-8,10-11H,9H2,1-4H3. The van der Waals surface area contributed by atoms with Gasteiger partial charge >= 0.3 is 0 Å². The Bertz CT molecular complexity index is 328. The lowest BCUT2D eigenvalue weighted by Gasteiger charge is -2.18. The third-order valence-electron chi connectivity index (χ3n) is 2.62. The summed E-state index contributed by atoms with van der Waals surface area (Å²) < 4.78 is 5.57. The van der Waals surface area contributed by atoms with Crippen LogP contribution in [0, 0.1) is 0 Å². The Kier molecular flexibility index (Phi) is 4.53. The zero-order chi connectivity index (χ0) is 12.1. The number of ether oxygens (including phenoxy) is 1. The van der Waals surface area contributed by atoms with Crippen molar-refractivity contribution in [2.75, 3.05) is 6.61 Å². The number of hydrogen-bond acceptors (Lipinski definition) is 2. The summed E-state index contributed by atoms with van der Waals surface area (Å²) in [5.41, 5.74) is 2.35. The molecular weight excluding hydrogens is 200 g/mol. The molecule has 0 saturated heterocycles. The van der Waals surface area contributed by atoms with Crippen LogP contribution in [0.15, 0.2) is 18.2 Å². The van der Waals surface area contributed by atoms with Crippen LogP contribution in [0.4, 0.5) is 0 Å². The van der Waals surface area contributed by atoms with Crippen LogP contribution < -0.4 is 4.74 Å². The van der Waals surface area contributed by atoms with Crippen LogP contribution in [0.2, 0.25) is 0 Å². The van der Waals surface area contributed by atoms with E-state index in [1.54, 1.807) is 0 Å². The highest BCUT2D eigenvalue weighted by atomic mass is 16.5. The number of benzene rings is 1. The Morgan fingerprint density at radius 2 is 1.62 bits per heavy atom. The van der Waals surface area contributed by atoms with E-state index < -0.39 is 0 Å². The molecule has 0 heterocycles. The maximum Gasteiger partial charge on any atom is 0.157 e. The summed E-state index contributed by atoms with van der Waals surface area (Å²) in [6.45, 7) is 8.66. The van der Waals surface area contributed by atoms with Crippen LogP contribution in [-0.4, -0.2) is 12.9 Å². The molecular formula is C14H20O2. The molecule has 0 radical (unpaired) electrons. The number of rotatable bonds is 5. The highest BCUT2D eigenvalue weighted by molar-refractivity contribution is 5.53. The van der Waals surface area contributed by atoms with Crippen molar-refractivity contribution >= 4 is 6.29 Å². The monoisotopic (exact) mass is 220 g/mol. The summed E-state index contributed by atoms with van der Waals surface area (Å²) in [5, 5.41) is 0. The van der Waals surface area contributed by atoms with Gasteiger partial charge in [-0.1, -0.05) is 45.9 Å². The molecule has 0 aromatic heterocycles. The summed E-state index contributed by atoms with van der Waals surface area (Å²) in [5.74, 6) is 1.69. The van der Waals surface area contributed by atoms with Crippen molar-refractivity contribution in [3.8, 4) is 5.75 Å². The van der Waals surface area contributed by atoms with Crippen molar-refractivity contribution < 1.29 is 9.53 Å². The zero-order valence-corrected chi connectivity index (χ0v) is 10.5. The highest BCUT2D eigenvalue weighted by Crippen LogP contribution is 2.34. The Labute approximate surface area is 97.6 Å². The van der Waals surface area contributed by atoms with Crippen LogP contribution in [0.5, 0.6) is 5.75 Å². The van der Waals surface area contributed by atoms with Gasteiger partial charge in [0.25, 0.3) is 0 Å². The molecule has 0 bridgehead atoms. The molecule has 1 rings (SSSR count). The second-order valence-corrected chi connectivity index (χ2v) is 4.55. The minimum atomic E-state index is 0.128. The molecule has 0 atom stereocenters. The van der Waals surface area contributed by atoms with E-state index in [9.17, 15) is 4.79 Å². The fourth-order valence-electron chi connectivity index (χ4n) is 1.77. The number of para-hydroxylation sites is 1. The molecule has 0 N–H and O–H groups in total. The summed E-state index contributed by atoms with van der Waals surface area (Å²) in [6.07, 6.45) is 0.793. The number of hydrogen-bond donors (Lipinski definition) is 0. The first-order chi connectivity index (χ1) is 7.57. The van der Waals surface area contributed by atoms with E-state index in [4.69, 9.17) is 4.74 Å². The number of carbonyl (C=O) groups excluding carboxylic acids is 1. The van der Waals surface area contributed by atoms with Crippen LogP contribution in [0.1, 0.15) is 50.7 Å². The van der Waals surface area contributed by atoms with Crippen molar-refractivity contribution in [3.05, 3.63) is 29.3 Å². The van der Waals surface area contributed by atoms with Gasteiger partial charge in [0.2, 0.25) is 0 Å². The van der Waals surface area contributed by atoms with Gasteiger partial charge in [0.15, 0.2) is 6.29 Å². The van der Waals surface area contributed by atoms with Crippen LogP contribution >= 0.6 is 0 Å². The van der Waals surface area contributed by atoms with E-state index in [1.165, 1.54) is 11.1 Å². The molecule has 0 spiro atoms. The van der Waals surface area contributed by atoms with Crippen molar-refractivity contribution in [2.24, 2.45) is 0 Å². The third kappa shape index (κ3) is 2.84. The Balaban J connectivity index is 3.17. The zero-order valence-electron chi connectivity index (χ0n) is 10.5. The second kappa shape index (κ2) is 5.69. The van der Waals surface area contributed by atoms with Crippen molar-refractivity contribution in [1.82, 2.24) is 0 Å². The smallest absolute Gasteiger partial charge is 0.157 e. The van der Waals surface area contributed by atoms with Gasteiger partial charge in [-0.05, 0) is 23.0 Å². The van der Waals surface area contributed by atoms with E-state index in [0.29, 0.717) is 11.8 Å². The highest BCUT2D eigenvalue weighted by Gasteiger charge is 2.14. The average molecular weight is 220 g/mol. The summed E-state index contributed by atoms with van der Waals surface area (Å²) in [6, 6.07) is 6.19. The normalized spacial score (nSPS) is 10.9. The molecule has 0 aliphatic heterocycles. The minimum absolute atomic E-state index is 0.128. The fourth-order valence-corrected chi connectivity index (χ4v) is 1.77. The summed E-state index contributed by atoms with van der Waals surface area (Å²) in [7, 11) is 0. The predicted molar refractivity (Wildman–Crippen MR) is 66.2 cm³/mol. The molecule has 16 heavy (non-hydrogen) atoms. The van der Waals surface area contributed by atoms with Gasteiger partial charge in [-0.2, -0.15) is 0 Å². The fraction of sp³-hybridized carbons (Fsp3) is 0.500. The molecule has 1 aromatic rings. The molecule has 0 aliphatic carbocycles. The molecule has 2 heteroatoms. The molecule has 0 fully saturated rings. The number of aldehydes is 1. The molecule has 0 unspecified atom stereocenters. The maximum atomic E-state index is 10.4. The van der Waals surface area contributed by atoms with Gasteiger partial charge in [0.1, 0.15) is 12.4 Å². The van der Waals surface area contributed by atoms with Gasteiger partial charge < -0.3 is 4.74 Å². The lowest BCUT2D eigenvalue weighted by Crippen LogP contribution is -2.06. The molecule has 1 aromatic carbocycles. The van der Waals surface area contributed by atoms with Crippen molar-refractivity contribution in [2.45, 2.75) is 39.5 Å². The molecule has 0 saturated carbocycles. The lowest BCUT2D eigenvalue weighted by atomic mass is 9.94. The first-order valence-electron chi connectivity index (χ1n) is 5.77. The summed E-state index contributed by atoms with van der Waals surface area (Å²) in [4.78, 5) is 10.4. The van der Waals surface area contributed by atoms with Gasteiger partial charge in [-0.3, -0.25) is 4.79 Å². The quantitative estimate of drug-likeness (QED) is 0.710. The van der Waals surface area contributed by atoms with E-state index in [2.05, 4.69) is 45.9 Å². The second-order valence-electron chi connectivity index (χ2n) is 4.55. The Hall–Kier alpha value is -1.31. The van der Waals surface area contributed by atoms with Crippen molar-refractivity contribution in [1.29, 1.82) is 0 Å². The molecule has 0 aliphatic rings. The topological polar surface area (TPSA) is 26.3 Å². The van der Waals surface area contributed by atoms with Crippen LogP contribution in [0.3, 0.4) is 0 Å². The van der Waals surface area contributed by atoms with E-state index in [0.717, 1.165) is 12.0 Å². The molecule has 88 valence electrons. The van der Waals surface area contributed by atoms with Crippen LogP contribution in [-0.2, 0) is 4.79 Å². The largest absolute Gasteiger partial charge is 0.486 e. The van der Waals surface area contributed by atoms with Crippen molar-refractivity contribution in [3.63, 3.8) is 0 Å². The predicted octanol–water partition coefficient (Wildman–Crippen LogP) is 3.51. The van der Waals surface area contributed by atoms with Crippen LogP contribution in [0.25, 0.3) is 0 Å². The SMILES string of the molecule is CC(C)c1cccc(C(C)C)c1OCC=O. The maximum absolute atomic E-state index is 10.4. The lowest BCUT2D eigenvalue weighted by molar-refractivity contribution is -0.109. The van der Waals surface area contributed by atoms with Gasteiger partial charge in [-0.25, -0.2) is 0 Å². The summed E-state index contributed by atoms with van der Waals surface area (Å²) >= 11 is 0.